The van der Waals surface area contributed by atoms with Crippen LogP contribution in [0.5, 0.6) is 0 Å². The molecular formula is C16H28F2O3. The van der Waals surface area contributed by atoms with Crippen LogP contribution in [0.3, 0.4) is 0 Å². The highest BCUT2D eigenvalue weighted by atomic mass is 19.3. The van der Waals surface area contributed by atoms with Gasteiger partial charge < -0.3 is 4.74 Å². The Kier molecular flexibility index (Phi) is 10.2. The molecular weight excluding hydrogens is 278 g/mol. The summed E-state index contributed by atoms with van der Waals surface area (Å²) in [6.45, 7) is 5.65. The molecule has 0 atom stereocenters. The van der Waals surface area contributed by atoms with Gasteiger partial charge in [-0.25, -0.2) is 4.79 Å². The van der Waals surface area contributed by atoms with E-state index in [-0.39, 0.29) is 13.0 Å². The number of hydrogen-bond donors (Lipinski definition) is 0. The summed E-state index contributed by atoms with van der Waals surface area (Å²) in [5, 5.41) is 0. The van der Waals surface area contributed by atoms with Gasteiger partial charge in [0.05, 0.1) is 6.61 Å². The minimum absolute atomic E-state index is 0.155. The second kappa shape index (κ2) is 10.7. The van der Waals surface area contributed by atoms with E-state index in [4.69, 9.17) is 0 Å². The summed E-state index contributed by atoms with van der Waals surface area (Å²) < 4.78 is 30.9. The summed E-state index contributed by atoms with van der Waals surface area (Å²) in [6, 6.07) is 0. The highest BCUT2D eigenvalue weighted by molar-refractivity contribution is 6.05. The largest absolute Gasteiger partial charge is 0.461 e. The zero-order chi connectivity index (χ0) is 16.3. The van der Waals surface area contributed by atoms with E-state index in [1.54, 1.807) is 0 Å². The molecule has 0 aliphatic heterocycles. The molecule has 0 fully saturated rings. The first-order valence-corrected chi connectivity index (χ1v) is 7.90. The minimum atomic E-state index is -3.99. The number of carbonyl (C=O) groups is 2. The first kappa shape index (κ1) is 20.0. The maximum absolute atomic E-state index is 13.3. The molecule has 0 saturated heterocycles. The van der Waals surface area contributed by atoms with Crippen LogP contribution in [0.4, 0.5) is 8.78 Å². The summed E-state index contributed by atoms with van der Waals surface area (Å²) in [5.41, 5.74) is 0. The van der Waals surface area contributed by atoms with Crippen molar-refractivity contribution in [2.75, 3.05) is 6.61 Å². The van der Waals surface area contributed by atoms with Gasteiger partial charge in [-0.1, -0.05) is 52.4 Å². The first-order chi connectivity index (χ1) is 9.82. The van der Waals surface area contributed by atoms with Crippen LogP contribution in [-0.2, 0) is 14.3 Å². The van der Waals surface area contributed by atoms with Gasteiger partial charge in [0.15, 0.2) is 0 Å². The summed E-state index contributed by atoms with van der Waals surface area (Å²) in [7, 11) is 0. The molecule has 5 heteroatoms. The van der Waals surface area contributed by atoms with E-state index >= 15 is 0 Å². The number of alkyl halides is 2. The highest BCUT2D eigenvalue weighted by Crippen LogP contribution is 2.21. The topological polar surface area (TPSA) is 43.4 Å². The van der Waals surface area contributed by atoms with Gasteiger partial charge in [0, 0.05) is 6.42 Å². The summed E-state index contributed by atoms with van der Waals surface area (Å²) in [4.78, 5) is 22.3. The number of carbonyl (C=O) groups excluding carboxylic acids is 2. The molecule has 0 aliphatic carbocycles. The van der Waals surface area contributed by atoms with E-state index in [1.165, 1.54) is 19.8 Å². The molecule has 0 aromatic carbocycles. The summed E-state index contributed by atoms with van der Waals surface area (Å²) >= 11 is 0. The minimum Gasteiger partial charge on any atom is -0.461 e. The number of rotatable bonds is 12. The third-order valence-corrected chi connectivity index (χ3v) is 3.32. The predicted octanol–water partition coefficient (Wildman–Crippen LogP) is 4.53. The molecule has 0 amide bonds. The first-order valence-electron chi connectivity index (χ1n) is 7.90. The van der Waals surface area contributed by atoms with Gasteiger partial charge in [0.1, 0.15) is 0 Å². The molecule has 124 valence electrons. The van der Waals surface area contributed by atoms with Gasteiger partial charge in [-0.3, -0.25) is 4.79 Å². The quantitative estimate of drug-likeness (QED) is 0.302. The lowest BCUT2D eigenvalue weighted by atomic mass is 10.0. The van der Waals surface area contributed by atoms with E-state index in [0.717, 1.165) is 25.7 Å². The van der Waals surface area contributed by atoms with E-state index in [1.807, 2.05) is 0 Å². The number of ether oxygens (including phenoxy) is 1. The summed E-state index contributed by atoms with van der Waals surface area (Å²) in [6.07, 6.45) is 6.43. The molecule has 0 unspecified atom stereocenters. The Bertz CT molecular complexity index is 315. The molecule has 0 bridgehead atoms. The van der Waals surface area contributed by atoms with Gasteiger partial charge in [-0.2, -0.15) is 8.78 Å². The zero-order valence-electron chi connectivity index (χ0n) is 13.4. The average molecular weight is 306 g/mol. The van der Waals surface area contributed by atoms with Crippen LogP contribution >= 0.6 is 0 Å². The third kappa shape index (κ3) is 8.79. The standard InChI is InChI=1S/C16H28F2O3/c1-4-21-15(20)16(17,18)14(19)12-10-8-6-5-7-9-11-13(2)3/h13H,4-12H2,1-3H3. The molecule has 0 spiro atoms. The van der Waals surface area contributed by atoms with Crippen molar-refractivity contribution in [3.05, 3.63) is 0 Å². The van der Waals surface area contributed by atoms with E-state index in [0.29, 0.717) is 12.3 Å². The smallest absolute Gasteiger partial charge is 0.399 e. The van der Waals surface area contributed by atoms with Crippen molar-refractivity contribution in [3.63, 3.8) is 0 Å². The number of hydrogen-bond acceptors (Lipinski definition) is 3. The molecule has 0 aromatic rings. The third-order valence-electron chi connectivity index (χ3n) is 3.32. The van der Waals surface area contributed by atoms with Crippen LogP contribution in [0.1, 0.15) is 72.1 Å². The van der Waals surface area contributed by atoms with Gasteiger partial charge in [-0.05, 0) is 19.3 Å². The Morgan fingerprint density at radius 2 is 1.52 bits per heavy atom. The van der Waals surface area contributed by atoms with Crippen LogP contribution in [0.2, 0.25) is 0 Å². The van der Waals surface area contributed by atoms with Gasteiger partial charge in [-0.15, -0.1) is 0 Å². The fourth-order valence-corrected chi connectivity index (χ4v) is 2.04. The maximum Gasteiger partial charge on any atom is 0.399 e. The normalized spacial score (nSPS) is 11.7. The van der Waals surface area contributed by atoms with E-state index in [2.05, 4.69) is 18.6 Å². The molecule has 0 rings (SSSR count). The highest BCUT2D eigenvalue weighted by Gasteiger charge is 2.47. The van der Waals surface area contributed by atoms with Crippen molar-refractivity contribution in [2.45, 2.75) is 78.1 Å². The van der Waals surface area contributed by atoms with Crippen LogP contribution in [0.25, 0.3) is 0 Å². The SMILES string of the molecule is CCOC(=O)C(F)(F)C(=O)CCCCCCCCC(C)C. The van der Waals surface area contributed by atoms with Crippen LogP contribution < -0.4 is 0 Å². The molecule has 0 N–H and O–H groups in total. The molecule has 3 nitrogen and oxygen atoms in total. The molecule has 0 radical (unpaired) electrons. The van der Waals surface area contributed by atoms with Gasteiger partial charge in [0.2, 0.25) is 5.78 Å². The van der Waals surface area contributed by atoms with Crippen LogP contribution in [0, 0.1) is 5.92 Å². The molecule has 0 aliphatic rings. The second-order valence-corrected chi connectivity index (χ2v) is 5.77. The Hall–Kier alpha value is -1.00. The van der Waals surface area contributed by atoms with Crippen LogP contribution in [-0.4, -0.2) is 24.3 Å². The number of unbranched alkanes of at least 4 members (excludes halogenated alkanes) is 5. The summed E-state index contributed by atoms with van der Waals surface area (Å²) in [5.74, 6) is -6.34. The van der Waals surface area contributed by atoms with E-state index < -0.39 is 17.7 Å². The monoisotopic (exact) mass is 306 g/mol. The Morgan fingerprint density at radius 3 is 2.05 bits per heavy atom. The second-order valence-electron chi connectivity index (χ2n) is 5.77. The maximum atomic E-state index is 13.3. The fraction of sp³-hybridized carbons (Fsp3) is 0.875. The Morgan fingerprint density at radius 1 is 1.00 bits per heavy atom. The van der Waals surface area contributed by atoms with Crippen molar-refractivity contribution in [1.82, 2.24) is 0 Å². The molecule has 0 saturated carbocycles. The molecule has 0 aromatic heterocycles. The van der Waals surface area contributed by atoms with E-state index in [9.17, 15) is 18.4 Å². The Balaban J connectivity index is 3.72. The number of esters is 1. The average Bonchev–Trinajstić information content (AvgIpc) is 2.41. The fourth-order valence-electron chi connectivity index (χ4n) is 2.04. The molecule has 21 heavy (non-hydrogen) atoms. The zero-order valence-corrected chi connectivity index (χ0v) is 13.4. The predicted molar refractivity (Wildman–Crippen MR) is 78.4 cm³/mol. The number of ketones is 1. The van der Waals surface area contributed by atoms with Gasteiger partial charge >= 0.3 is 11.9 Å². The van der Waals surface area contributed by atoms with Crippen molar-refractivity contribution < 1.29 is 23.1 Å². The van der Waals surface area contributed by atoms with Crippen molar-refractivity contribution in [1.29, 1.82) is 0 Å². The lowest BCUT2D eigenvalue weighted by Gasteiger charge is -2.13. The Labute approximate surface area is 126 Å². The molecule has 0 heterocycles. The van der Waals surface area contributed by atoms with Crippen LogP contribution in [0.15, 0.2) is 0 Å². The number of Topliss-reactive ketones (excluding diaryl/α,β-unsaturated/α-hetero) is 1. The lowest BCUT2D eigenvalue weighted by Crippen LogP contribution is -2.39. The van der Waals surface area contributed by atoms with Crippen molar-refractivity contribution in [2.24, 2.45) is 5.92 Å². The lowest BCUT2D eigenvalue weighted by molar-refractivity contribution is -0.176. The van der Waals surface area contributed by atoms with Crippen molar-refractivity contribution in [3.8, 4) is 0 Å². The number of halogens is 2. The van der Waals surface area contributed by atoms with Gasteiger partial charge in [0.25, 0.3) is 0 Å². The van der Waals surface area contributed by atoms with Crippen molar-refractivity contribution >= 4 is 11.8 Å².